The molecule has 1 fully saturated rings. The Morgan fingerprint density at radius 1 is 1.47 bits per heavy atom. The van der Waals surface area contributed by atoms with Gasteiger partial charge < -0.3 is 9.63 Å². The molecular formula is C13H14BrN3O2. The summed E-state index contributed by atoms with van der Waals surface area (Å²) in [5, 5.41) is 13.5. The van der Waals surface area contributed by atoms with Gasteiger partial charge >= 0.3 is 0 Å². The summed E-state index contributed by atoms with van der Waals surface area (Å²) in [6.45, 7) is 2.14. The number of aliphatic hydroxyl groups is 1. The number of hydrogen-bond acceptors (Lipinski definition) is 5. The van der Waals surface area contributed by atoms with E-state index in [9.17, 15) is 5.11 Å². The first kappa shape index (κ1) is 12.8. The highest BCUT2D eigenvalue weighted by molar-refractivity contribution is 9.10. The molecule has 0 amide bonds. The van der Waals surface area contributed by atoms with Gasteiger partial charge in [0, 0.05) is 23.1 Å². The van der Waals surface area contributed by atoms with Crippen LogP contribution in [-0.2, 0) is 6.54 Å². The standard InChI is InChI=1S/C13H14BrN3O2/c14-10-3-1-2-9(6-10)13-15-12(19-16-13)8-17-5-4-11(18)7-17/h1-3,6,11,18H,4-5,7-8H2/t11-/m0/s1. The smallest absolute Gasteiger partial charge is 0.241 e. The van der Waals surface area contributed by atoms with E-state index in [1.165, 1.54) is 0 Å². The van der Waals surface area contributed by atoms with Crippen LogP contribution in [0.3, 0.4) is 0 Å². The maximum atomic E-state index is 9.48. The molecule has 1 aromatic heterocycles. The first-order chi connectivity index (χ1) is 9.20. The molecule has 0 bridgehead atoms. The largest absolute Gasteiger partial charge is 0.392 e. The lowest BCUT2D eigenvalue weighted by molar-refractivity contribution is 0.169. The fraction of sp³-hybridized carbons (Fsp3) is 0.385. The summed E-state index contributed by atoms with van der Waals surface area (Å²) in [6, 6.07) is 7.79. The molecule has 19 heavy (non-hydrogen) atoms. The van der Waals surface area contributed by atoms with Gasteiger partial charge in [-0.1, -0.05) is 33.2 Å². The van der Waals surface area contributed by atoms with E-state index in [0.717, 1.165) is 23.0 Å². The van der Waals surface area contributed by atoms with E-state index in [-0.39, 0.29) is 6.10 Å². The van der Waals surface area contributed by atoms with Crippen LogP contribution >= 0.6 is 15.9 Å². The average molecular weight is 324 g/mol. The third kappa shape index (κ3) is 3.02. The van der Waals surface area contributed by atoms with Gasteiger partial charge in [-0.25, -0.2) is 0 Å². The SMILES string of the molecule is O[C@H]1CCN(Cc2nc(-c3cccc(Br)c3)no2)C1. The van der Waals surface area contributed by atoms with Gasteiger partial charge in [-0.05, 0) is 18.6 Å². The second-order valence-electron chi connectivity index (χ2n) is 4.70. The first-order valence-electron chi connectivity index (χ1n) is 6.19. The van der Waals surface area contributed by atoms with Crippen LogP contribution in [0.25, 0.3) is 11.4 Å². The molecular weight excluding hydrogens is 310 g/mol. The summed E-state index contributed by atoms with van der Waals surface area (Å²) in [5.41, 5.74) is 0.922. The van der Waals surface area contributed by atoms with Crippen LogP contribution in [0.2, 0.25) is 0 Å². The number of nitrogens with zero attached hydrogens (tertiary/aromatic N) is 3. The summed E-state index contributed by atoms with van der Waals surface area (Å²) < 4.78 is 6.24. The van der Waals surface area contributed by atoms with Gasteiger partial charge in [0.15, 0.2) is 0 Å². The molecule has 0 radical (unpaired) electrons. The number of likely N-dealkylation sites (tertiary alicyclic amines) is 1. The Morgan fingerprint density at radius 3 is 3.11 bits per heavy atom. The van der Waals surface area contributed by atoms with Gasteiger partial charge in [-0.3, -0.25) is 4.90 Å². The van der Waals surface area contributed by atoms with E-state index in [2.05, 4.69) is 31.0 Å². The van der Waals surface area contributed by atoms with Crippen LogP contribution in [-0.4, -0.2) is 39.3 Å². The average Bonchev–Trinajstić information content (AvgIpc) is 2.99. The van der Waals surface area contributed by atoms with Crippen molar-refractivity contribution in [3.05, 3.63) is 34.6 Å². The maximum Gasteiger partial charge on any atom is 0.241 e. The number of aromatic nitrogens is 2. The van der Waals surface area contributed by atoms with Gasteiger partial charge in [0.1, 0.15) is 0 Å². The van der Waals surface area contributed by atoms with E-state index in [1.54, 1.807) is 0 Å². The second-order valence-corrected chi connectivity index (χ2v) is 5.62. The molecule has 1 saturated heterocycles. The molecule has 1 aliphatic heterocycles. The molecule has 5 nitrogen and oxygen atoms in total. The number of β-amino-alcohol motifs (C(OH)–C–C–N with tert-alkyl or cyclic N) is 1. The molecule has 6 heteroatoms. The Balaban J connectivity index is 1.73. The third-order valence-corrected chi connectivity index (χ3v) is 3.65. The van der Waals surface area contributed by atoms with Crippen molar-refractivity contribution in [2.24, 2.45) is 0 Å². The maximum absolute atomic E-state index is 9.48. The number of benzene rings is 1. The molecule has 1 N–H and O–H groups in total. The molecule has 100 valence electrons. The molecule has 3 rings (SSSR count). The minimum atomic E-state index is -0.229. The Bertz CT molecular complexity index is 573. The Morgan fingerprint density at radius 2 is 2.37 bits per heavy atom. The summed E-state index contributed by atoms with van der Waals surface area (Å²) in [6.07, 6.45) is 0.583. The van der Waals surface area contributed by atoms with Gasteiger partial charge in [-0.15, -0.1) is 0 Å². The number of halogens is 1. The molecule has 0 saturated carbocycles. The van der Waals surface area contributed by atoms with E-state index >= 15 is 0 Å². The number of rotatable bonds is 3. The molecule has 2 heterocycles. The normalized spacial score (nSPS) is 20.0. The van der Waals surface area contributed by atoms with Gasteiger partial charge in [0.25, 0.3) is 0 Å². The summed E-state index contributed by atoms with van der Waals surface area (Å²) in [7, 11) is 0. The van der Waals surface area contributed by atoms with Crippen molar-refractivity contribution < 1.29 is 9.63 Å². The highest BCUT2D eigenvalue weighted by Crippen LogP contribution is 2.21. The molecule has 1 atom stereocenters. The Hall–Kier alpha value is -1.24. The van der Waals surface area contributed by atoms with Crippen molar-refractivity contribution in [2.45, 2.75) is 19.1 Å². The fourth-order valence-corrected chi connectivity index (χ4v) is 2.61. The first-order valence-corrected chi connectivity index (χ1v) is 6.99. The second kappa shape index (κ2) is 5.40. The zero-order chi connectivity index (χ0) is 13.2. The van der Waals surface area contributed by atoms with Gasteiger partial charge in [0.2, 0.25) is 11.7 Å². The zero-order valence-electron chi connectivity index (χ0n) is 10.3. The van der Waals surface area contributed by atoms with Crippen molar-refractivity contribution in [1.82, 2.24) is 15.0 Å². The quantitative estimate of drug-likeness (QED) is 0.936. The summed E-state index contributed by atoms with van der Waals surface area (Å²) in [5.74, 6) is 1.18. The van der Waals surface area contributed by atoms with Gasteiger partial charge in [0.05, 0.1) is 12.6 Å². The molecule has 2 aromatic rings. The Labute approximate surface area is 119 Å². The predicted molar refractivity (Wildman–Crippen MR) is 73.3 cm³/mol. The molecule has 0 spiro atoms. The van der Waals surface area contributed by atoms with Crippen LogP contribution < -0.4 is 0 Å². The highest BCUT2D eigenvalue weighted by atomic mass is 79.9. The van der Waals surface area contributed by atoms with Crippen molar-refractivity contribution in [1.29, 1.82) is 0 Å². The predicted octanol–water partition coefficient (Wildman–Crippen LogP) is 2.07. The van der Waals surface area contributed by atoms with Crippen molar-refractivity contribution in [3.63, 3.8) is 0 Å². The Kier molecular flexibility index (Phi) is 3.63. The lowest BCUT2D eigenvalue weighted by Gasteiger charge is -2.10. The minimum Gasteiger partial charge on any atom is -0.392 e. The van der Waals surface area contributed by atoms with Crippen LogP contribution in [0, 0.1) is 0 Å². The highest BCUT2D eigenvalue weighted by Gasteiger charge is 2.22. The lowest BCUT2D eigenvalue weighted by Crippen LogP contribution is -2.21. The van der Waals surface area contributed by atoms with Gasteiger partial charge in [-0.2, -0.15) is 4.98 Å². The molecule has 1 aliphatic rings. The van der Waals surface area contributed by atoms with E-state index < -0.39 is 0 Å². The van der Waals surface area contributed by atoms with Crippen molar-refractivity contribution in [3.8, 4) is 11.4 Å². The topological polar surface area (TPSA) is 62.4 Å². The van der Waals surface area contributed by atoms with Crippen molar-refractivity contribution in [2.75, 3.05) is 13.1 Å². The fourth-order valence-electron chi connectivity index (χ4n) is 2.21. The molecule has 0 unspecified atom stereocenters. The van der Waals surface area contributed by atoms with Crippen LogP contribution in [0.15, 0.2) is 33.3 Å². The van der Waals surface area contributed by atoms with E-state index in [4.69, 9.17) is 4.52 Å². The molecule has 1 aromatic carbocycles. The monoisotopic (exact) mass is 323 g/mol. The summed E-state index contributed by atoms with van der Waals surface area (Å²) >= 11 is 3.42. The number of aliphatic hydroxyl groups excluding tert-OH is 1. The molecule has 0 aliphatic carbocycles. The number of hydrogen-bond donors (Lipinski definition) is 1. The van der Waals surface area contributed by atoms with E-state index in [1.807, 2.05) is 24.3 Å². The van der Waals surface area contributed by atoms with E-state index in [0.29, 0.717) is 24.8 Å². The zero-order valence-corrected chi connectivity index (χ0v) is 11.9. The minimum absolute atomic E-state index is 0.229. The van der Waals surface area contributed by atoms with Crippen molar-refractivity contribution >= 4 is 15.9 Å². The van der Waals surface area contributed by atoms with Crippen LogP contribution in [0.1, 0.15) is 12.3 Å². The summed E-state index contributed by atoms with van der Waals surface area (Å²) in [4.78, 5) is 6.50. The lowest BCUT2D eigenvalue weighted by atomic mass is 10.2. The van der Waals surface area contributed by atoms with Crippen LogP contribution in [0.5, 0.6) is 0 Å². The van der Waals surface area contributed by atoms with Crippen LogP contribution in [0.4, 0.5) is 0 Å². The third-order valence-electron chi connectivity index (χ3n) is 3.16.